The van der Waals surface area contributed by atoms with Gasteiger partial charge in [0.15, 0.2) is 17.3 Å². The molecule has 1 amide bonds. The third-order valence-electron chi connectivity index (χ3n) is 4.90. The van der Waals surface area contributed by atoms with Gasteiger partial charge >= 0.3 is 0 Å². The molecule has 2 aliphatic heterocycles. The molecule has 0 saturated carbocycles. The van der Waals surface area contributed by atoms with Crippen LogP contribution in [0.3, 0.4) is 0 Å². The lowest BCUT2D eigenvalue weighted by Crippen LogP contribution is -2.35. The maximum absolute atomic E-state index is 13.2. The Kier molecular flexibility index (Phi) is 7.18. The summed E-state index contributed by atoms with van der Waals surface area (Å²) in [6.07, 6.45) is 1.59. The van der Waals surface area contributed by atoms with Gasteiger partial charge in [-0.05, 0) is 76.1 Å². The van der Waals surface area contributed by atoms with Gasteiger partial charge in [-0.15, -0.1) is 0 Å². The molecule has 34 heavy (non-hydrogen) atoms. The quantitative estimate of drug-likeness (QED) is 0.442. The van der Waals surface area contributed by atoms with Crippen LogP contribution in [0, 0.1) is 17.1 Å². The van der Waals surface area contributed by atoms with Crippen molar-refractivity contribution in [2.24, 2.45) is 16.0 Å². The van der Waals surface area contributed by atoms with E-state index in [0.29, 0.717) is 33.3 Å². The number of aliphatic imine (C=N–C) groups is 1. The van der Waals surface area contributed by atoms with Crippen LogP contribution in [0.15, 0.2) is 56.5 Å². The van der Waals surface area contributed by atoms with E-state index in [9.17, 15) is 9.18 Å². The number of carbonyl (C=O) groups excluding carboxylic acids is 1. The number of hydrogen-bond acceptors (Lipinski definition) is 6. The zero-order valence-electron chi connectivity index (χ0n) is 18.8. The van der Waals surface area contributed by atoms with E-state index in [1.54, 1.807) is 30.3 Å². The van der Waals surface area contributed by atoms with E-state index in [1.807, 2.05) is 20.8 Å². The Morgan fingerprint density at radius 2 is 1.97 bits per heavy atom. The largest absolute Gasteiger partial charge is 0.490 e. The highest BCUT2D eigenvalue weighted by Gasteiger charge is 2.36. The minimum atomic E-state index is -0.491. The predicted octanol–water partition coefficient (Wildman–Crippen LogP) is 5.84. The fraction of sp³-hybridized carbons (Fsp3) is 0.250. The van der Waals surface area contributed by atoms with Gasteiger partial charge in [-0.1, -0.05) is 26.0 Å². The van der Waals surface area contributed by atoms with Crippen molar-refractivity contribution in [2.45, 2.75) is 27.4 Å². The highest BCUT2D eigenvalue weighted by atomic mass is 79.9. The molecule has 2 aromatic rings. The van der Waals surface area contributed by atoms with Gasteiger partial charge in [0, 0.05) is 5.92 Å². The van der Waals surface area contributed by atoms with Crippen LogP contribution in [0.4, 0.5) is 4.39 Å². The Hall–Kier alpha value is -2.98. The number of amides is 1. The summed E-state index contributed by atoms with van der Waals surface area (Å²) >= 11 is 4.83. The molecule has 0 unspecified atom stereocenters. The number of hydrogen-bond donors (Lipinski definition) is 1. The molecule has 0 aromatic heterocycles. The van der Waals surface area contributed by atoms with Crippen LogP contribution in [0.5, 0.6) is 11.5 Å². The summed E-state index contributed by atoms with van der Waals surface area (Å²) in [5, 5.41) is 15.6. The third-order valence-corrected chi connectivity index (χ3v) is 6.70. The van der Waals surface area contributed by atoms with Crippen LogP contribution in [0.2, 0.25) is 0 Å². The molecule has 7 nitrogen and oxygen atoms in total. The van der Waals surface area contributed by atoms with Crippen molar-refractivity contribution >= 4 is 55.7 Å². The fourth-order valence-electron chi connectivity index (χ4n) is 3.22. The number of fused-ring (bicyclic) bond motifs is 1. The van der Waals surface area contributed by atoms with Gasteiger partial charge in [0.25, 0.3) is 5.91 Å². The predicted molar refractivity (Wildman–Crippen MR) is 136 cm³/mol. The fourth-order valence-corrected chi connectivity index (χ4v) is 4.68. The number of ether oxygens (including phenoxy) is 2. The first kappa shape index (κ1) is 24.2. The summed E-state index contributed by atoms with van der Waals surface area (Å²) in [4.78, 5) is 16.8. The molecule has 0 fully saturated rings. The molecule has 0 bridgehead atoms. The molecule has 0 spiro atoms. The van der Waals surface area contributed by atoms with Crippen LogP contribution in [0.25, 0.3) is 6.08 Å². The molecule has 2 aliphatic rings. The van der Waals surface area contributed by atoms with E-state index in [1.165, 1.54) is 28.9 Å². The van der Waals surface area contributed by atoms with Crippen molar-refractivity contribution in [3.63, 3.8) is 0 Å². The molecule has 1 N–H and O–H groups in total. The highest BCUT2D eigenvalue weighted by Crippen LogP contribution is 2.39. The number of rotatable bonds is 7. The molecule has 4 rings (SSSR count). The number of thioether (sulfide) groups is 1. The van der Waals surface area contributed by atoms with Gasteiger partial charge in [-0.25, -0.2) is 4.39 Å². The summed E-state index contributed by atoms with van der Waals surface area (Å²) < 4.78 is 25.5. The summed E-state index contributed by atoms with van der Waals surface area (Å²) in [5.41, 5.74) is 1.57. The van der Waals surface area contributed by atoms with Crippen molar-refractivity contribution in [1.29, 1.82) is 5.41 Å². The SMILES string of the molecule is CCOc1cc(/C=C2\C(=N)N3N=C(C(C)C)SC3=NC2=O)cc(Br)c1OCc1ccc(F)cc1. The first-order chi connectivity index (χ1) is 16.3. The van der Waals surface area contributed by atoms with E-state index in [4.69, 9.17) is 14.9 Å². The van der Waals surface area contributed by atoms with Crippen molar-refractivity contribution in [3.05, 3.63) is 63.4 Å². The number of halogens is 2. The van der Waals surface area contributed by atoms with Crippen molar-refractivity contribution in [1.82, 2.24) is 5.01 Å². The first-order valence-electron chi connectivity index (χ1n) is 10.6. The van der Waals surface area contributed by atoms with E-state index < -0.39 is 5.91 Å². The van der Waals surface area contributed by atoms with Gasteiger partial charge in [0.1, 0.15) is 17.5 Å². The van der Waals surface area contributed by atoms with Gasteiger partial charge in [-0.2, -0.15) is 15.1 Å². The molecule has 2 aromatic carbocycles. The average Bonchev–Trinajstić information content (AvgIpc) is 3.22. The summed E-state index contributed by atoms with van der Waals surface area (Å²) in [5.74, 6) is 0.303. The normalized spacial score (nSPS) is 16.6. The lowest BCUT2D eigenvalue weighted by Gasteiger charge is -2.20. The van der Waals surface area contributed by atoms with E-state index in [-0.39, 0.29) is 29.8 Å². The van der Waals surface area contributed by atoms with Crippen LogP contribution in [-0.2, 0) is 11.4 Å². The lowest BCUT2D eigenvalue weighted by molar-refractivity contribution is -0.114. The second-order valence-electron chi connectivity index (χ2n) is 7.79. The Morgan fingerprint density at radius 1 is 1.24 bits per heavy atom. The van der Waals surface area contributed by atoms with E-state index >= 15 is 0 Å². The first-order valence-corrected chi connectivity index (χ1v) is 12.2. The molecule has 0 atom stereocenters. The molecular weight excluding hydrogens is 523 g/mol. The van der Waals surface area contributed by atoms with Crippen molar-refractivity contribution < 1.29 is 18.7 Å². The molecule has 0 saturated heterocycles. The van der Waals surface area contributed by atoms with E-state index in [2.05, 4.69) is 26.0 Å². The summed E-state index contributed by atoms with van der Waals surface area (Å²) in [6.45, 7) is 6.48. The molecular formula is C24H22BrFN4O3S. The Labute approximate surface area is 209 Å². The summed E-state index contributed by atoms with van der Waals surface area (Å²) in [6, 6.07) is 9.58. The Morgan fingerprint density at radius 3 is 2.65 bits per heavy atom. The zero-order chi connectivity index (χ0) is 24.4. The van der Waals surface area contributed by atoms with Crippen molar-refractivity contribution in [2.75, 3.05) is 6.61 Å². The van der Waals surface area contributed by atoms with Crippen LogP contribution in [-0.4, -0.2) is 33.6 Å². The lowest BCUT2D eigenvalue weighted by atomic mass is 10.1. The molecule has 10 heteroatoms. The zero-order valence-corrected chi connectivity index (χ0v) is 21.2. The smallest absolute Gasteiger partial charge is 0.283 e. The highest BCUT2D eigenvalue weighted by molar-refractivity contribution is 9.10. The maximum Gasteiger partial charge on any atom is 0.283 e. The van der Waals surface area contributed by atoms with Gasteiger partial charge < -0.3 is 9.47 Å². The van der Waals surface area contributed by atoms with E-state index in [0.717, 1.165) is 10.6 Å². The molecule has 2 heterocycles. The van der Waals surface area contributed by atoms with Crippen molar-refractivity contribution in [3.8, 4) is 11.5 Å². The molecule has 0 radical (unpaired) electrons. The van der Waals surface area contributed by atoms with Crippen LogP contribution < -0.4 is 9.47 Å². The Bertz CT molecular complexity index is 1240. The number of nitrogens with one attached hydrogen (secondary N) is 1. The topological polar surface area (TPSA) is 87.3 Å². The second kappa shape index (κ2) is 10.1. The van der Waals surface area contributed by atoms with Crippen LogP contribution >= 0.6 is 27.7 Å². The number of amidine groups is 2. The monoisotopic (exact) mass is 544 g/mol. The second-order valence-corrected chi connectivity index (χ2v) is 9.63. The van der Waals surface area contributed by atoms with Gasteiger partial charge in [0.05, 0.1) is 16.7 Å². The van der Waals surface area contributed by atoms with Gasteiger partial charge in [0.2, 0.25) is 5.17 Å². The number of benzene rings is 2. The van der Waals surface area contributed by atoms with Crippen LogP contribution in [0.1, 0.15) is 31.9 Å². The number of carbonyl (C=O) groups is 1. The minimum absolute atomic E-state index is 0.0242. The maximum atomic E-state index is 13.2. The standard InChI is InChI=1S/C24H22BrFN4O3S/c1-4-32-19-11-15(10-18(25)20(19)33-12-14-5-7-16(26)8-6-14)9-17-21(27)30-24(28-22(17)31)34-23(29-30)13(2)3/h5-11,13,27H,4,12H2,1-3H3/b17-9+,27-21?. The summed E-state index contributed by atoms with van der Waals surface area (Å²) in [7, 11) is 0. The Balaban J connectivity index is 1.62. The molecule has 176 valence electrons. The number of hydrazone groups is 1. The number of nitrogens with zero attached hydrogens (tertiary/aromatic N) is 3. The van der Waals surface area contributed by atoms with Gasteiger partial charge in [-0.3, -0.25) is 10.2 Å². The molecule has 0 aliphatic carbocycles. The minimum Gasteiger partial charge on any atom is -0.490 e. The third kappa shape index (κ3) is 5.07. The average molecular weight is 545 g/mol.